The first kappa shape index (κ1) is 16.2. The van der Waals surface area contributed by atoms with Crippen LogP contribution in [0.2, 0.25) is 0 Å². The summed E-state index contributed by atoms with van der Waals surface area (Å²) in [5, 5.41) is 2.76. The van der Waals surface area contributed by atoms with Crippen LogP contribution in [0, 0.1) is 12.8 Å². The smallest absolute Gasteiger partial charge is 0.243 e. The van der Waals surface area contributed by atoms with Crippen LogP contribution in [0.1, 0.15) is 19.4 Å². The third-order valence-electron chi connectivity index (χ3n) is 3.27. The van der Waals surface area contributed by atoms with Crippen LogP contribution >= 0.6 is 0 Å². The van der Waals surface area contributed by atoms with Crippen molar-refractivity contribution in [1.82, 2.24) is 4.90 Å². The molecule has 0 radical (unpaired) electrons. The first-order chi connectivity index (χ1) is 9.31. The lowest BCUT2D eigenvalue weighted by atomic mass is 10.0. The largest absolute Gasteiger partial charge is 0.336 e. The number of benzene rings is 1. The van der Waals surface area contributed by atoms with E-state index in [0.29, 0.717) is 0 Å². The Labute approximate surface area is 120 Å². The van der Waals surface area contributed by atoms with Gasteiger partial charge in [0.15, 0.2) is 0 Å². The van der Waals surface area contributed by atoms with E-state index in [1.54, 1.807) is 20.9 Å². The van der Waals surface area contributed by atoms with Crippen LogP contribution in [0.25, 0.3) is 0 Å². The zero-order chi connectivity index (χ0) is 15.3. The molecule has 3 N–H and O–H groups in total. The number of nitrogens with one attached hydrogen (secondary N) is 1. The van der Waals surface area contributed by atoms with Gasteiger partial charge >= 0.3 is 0 Å². The molecule has 0 heterocycles. The summed E-state index contributed by atoms with van der Waals surface area (Å²) < 4.78 is 0. The van der Waals surface area contributed by atoms with Gasteiger partial charge in [0.05, 0.1) is 12.5 Å². The van der Waals surface area contributed by atoms with E-state index in [9.17, 15) is 9.59 Å². The molecular formula is C15H23N3O2. The molecule has 0 aliphatic rings. The van der Waals surface area contributed by atoms with Gasteiger partial charge in [-0.1, -0.05) is 24.6 Å². The lowest BCUT2D eigenvalue weighted by Gasteiger charge is -2.23. The Bertz CT molecular complexity index is 469. The number of nitrogens with zero attached hydrogens (tertiary/aromatic N) is 1. The number of nitrogens with two attached hydrogens (primary N) is 1. The quantitative estimate of drug-likeness (QED) is 0.853. The summed E-state index contributed by atoms with van der Waals surface area (Å²) in [5.74, 6) is -0.646. The minimum atomic E-state index is -0.299. The first-order valence-corrected chi connectivity index (χ1v) is 6.68. The van der Waals surface area contributed by atoms with Crippen molar-refractivity contribution >= 4 is 17.5 Å². The molecule has 1 aromatic rings. The zero-order valence-electron chi connectivity index (χ0n) is 12.5. The molecule has 20 heavy (non-hydrogen) atoms. The highest BCUT2D eigenvalue weighted by Gasteiger charge is 2.22. The van der Waals surface area contributed by atoms with Crippen molar-refractivity contribution in [3.63, 3.8) is 0 Å². The van der Waals surface area contributed by atoms with Gasteiger partial charge in [-0.25, -0.2) is 0 Å². The Hall–Kier alpha value is -1.88. The molecule has 0 spiro atoms. The van der Waals surface area contributed by atoms with Crippen molar-refractivity contribution < 1.29 is 9.59 Å². The number of aryl methyl sites for hydroxylation is 1. The number of carbonyl (C=O) groups is 2. The second kappa shape index (κ2) is 7.05. The maximum atomic E-state index is 12.0. The van der Waals surface area contributed by atoms with Crippen molar-refractivity contribution in [3.8, 4) is 0 Å². The average Bonchev–Trinajstić information content (AvgIpc) is 2.39. The van der Waals surface area contributed by atoms with E-state index in [2.05, 4.69) is 5.32 Å². The molecule has 2 amide bonds. The highest BCUT2D eigenvalue weighted by molar-refractivity contribution is 5.94. The van der Waals surface area contributed by atoms with Gasteiger partial charge in [-0.3, -0.25) is 9.59 Å². The molecule has 2 unspecified atom stereocenters. The van der Waals surface area contributed by atoms with Gasteiger partial charge in [-0.2, -0.15) is 0 Å². The average molecular weight is 277 g/mol. The monoisotopic (exact) mass is 277 g/mol. The predicted molar refractivity (Wildman–Crippen MR) is 80.3 cm³/mol. The Balaban J connectivity index is 2.53. The molecule has 0 aromatic heterocycles. The number of hydrogen-bond acceptors (Lipinski definition) is 3. The second-order valence-electron chi connectivity index (χ2n) is 5.26. The minimum Gasteiger partial charge on any atom is -0.336 e. The number of amides is 2. The maximum Gasteiger partial charge on any atom is 0.243 e. The normalized spacial score (nSPS) is 13.4. The van der Waals surface area contributed by atoms with Gasteiger partial charge in [0.2, 0.25) is 11.8 Å². The van der Waals surface area contributed by atoms with E-state index in [4.69, 9.17) is 5.73 Å². The summed E-state index contributed by atoms with van der Waals surface area (Å²) in [5.41, 5.74) is 7.54. The lowest BCUT2D eigenvalue weighted by Crippen LogP contribution is -2.42. The van der Waals surface area contributed by atoms with Crippen molar-refractivity contribution in [1.29, 1.82) is 0 Å². The van der Waals surface area contributed by atoms with Gasteiger partial charge < -0.3 is 16.0 Å². The zero-order valence-corrected chi connectivity index (χ0v) is 12.5. The van der Waals surface area contributed by atoms with E-state index in [1.807, 2.05) is 31.2 Å². The number of rotatable bonds is 5. The lowest BCUT2D eigenvalue weighted by molar-refractivity contribution is -0.136. The van der Waals surface area contributed by atoms with Crippen LogP contribution in [0.4, 0.5) is 5.69 Å². The summed E-state index contributed by atoms with van der Waals surface area (Å²) in [4.78, 5) is 25.3. The number of anilines is 1. The van der Waals surface area contributed by atoms with Crippen LogP contribution in [-0.2, 0) is 9.59 Å². The van der Waals surface area contributed by atoms with Gasteiger partial charge in [0.25, 0.3) is 0 Å². The minimum absolute atomic E-state index is 0.0176. The van der Waals surface area contributed by atoms with Crippen molar-refractivity contribution in [2.75, 3.05) is 18.9 Å². The molecule has 0 fully saturated rings. The highest BCUT2D eigenvalue weighted by Crippen LogP contribution is 2.09. The van der Waals surface area contributed by atoms with Crippen molar-refractivity contribution in [3.05, 3.63) is 29.8 Å². The van der Waals surface area contributed by atoms with Gasteiger partial charge in [-0.05, 0) is 26.0 Å². The molecule has 0 saturated carbocycles. The Morgan fingerprint density at radius 1 is 1.25 bits per heavy atom. The molecule has 0 saturated heterocycles. The van der Waals surface area contributed by atoms with E-state index >= 15 is 0 Å². The molecule has 0 bridgehead atoms. The number of carbonyl (C=O) groups excluding carboxylic acids is 2. The topological polar surface area (TPSA) is 75.4 Å². The van der Waals surface area contributed by atoms with E-state index in [0.717, 1.165) is 11.3 Å². The first-order valence-electron chi connectivity index (χ1n) is 6.68. The SMILES string of the molecule is Cc1ccc(NC(=O)CN(C)C(=O)C(C)C(C)N)cc1. The summed E-state index contributed by atoms with van der Waals surface area (Å²) in [7, 11) is 1.61. The maximum absolute atomic E-state index is 12.0. The molecule has 1 aromatic carbocycles. The Morgan fingerprint density at radius 3 is 2.30 bits per heavy atom. The summed E-state index contributed by atoms with van der Waals surface area (Å²) in [6, 6.07) is 7.27. The van der Waals surface area contributed by atoms with E-state index < -0.39 is 0 Å². The summed E-state index contributed by atoms with van der Waals surface area (Å²) >= 11 is 0. The van der Waals surface area contributed by atoms with Crippen molar-refractivity contribution in [2.24, 2.45) is 11.7 Å². The molecule has 110 valence electrons. The fourth-order valence-electron chi connectivity index (χ4n) is 1.70. The molecule has 5 heteroatoms. The van der Waals surface area contributed by atoms with E-state index in [1.165, 1.54) is 4.90 Å². The van der Waals surface area contributed by atoms with E-state index in [-0.39, 0.29) is 30.3 Å². The van der Waals surface area contributed by atoms with Crippen molar-refractivity contribution in [2.45, 2.75) is 26.8 Å². The Kier molecular flexibility index (Phi) is 5.70. The van der Waals surface area contributed by atoms with Crippen LogP contribution in [-0.4, -0.2) is 36.3 Å². The van der Waals surface area contributed by atoms with Gasteiger partial charge in [0.1, 0.15) is 0 Å². The summed E-state index contributed by atoms with van der Waals surface area (Å²) in [6.07, 6.45) is 0. The fourth-order valence-corrected chi connectivity index (χ4v) is 1.70. The third-order valence-corrected chi connectivity index (χ3v) is 3.27. The predicted octanol–water partition coefficient (Wildman–Crippen LogP) is 1.38. The fraction of sp³-hybridized carbons (Fsp3) is 0.467. The number of likely N-dealkylation sites (N-methyl/N-ethyl adjacent to an activating group) is 1. The molecule has 0 aliphatic carbocycles. The standard InChI is InChI=1S/C15H23N3O2/c1-10-5-7-13(8-6-10)17-14(19)9-18(4)15(20)11(2)12(3)16/h5-8,11-12H,9,16H2,1-4H3,(H,17,19). The number of hydrogen-bond donors (Lipinski definition) is 2. The van der Waals surface area contributed by atoms with Gasteiger partial charge in [0, 0.05) is 18.8 Å². The van der Waals surface area contributed by atoms with Gasteiger partial charge in [-0.15, -0.1) is 0 Å². The Morgan fingerprint density at radius 2 is 1.80 bits per heavy atom. The second-order valence-corrected chi connectivity index (χ2v) is 5.26. The third kappa shape index (κ3) is 4.66. The molecule has 5 nitrogen and oxygen atoms in total. The molecule has 1 rings (SSSR count). The van der Waals surface area contributed by atoms with Crippen LogP contribution < -0.4 is 11.1 Å². The van der Waals surface area contributed by atoms with Crippen LogP contribution in [0.3, 0.4) is 0 Å². The summed E-state index contributed by atoms with van der Waals surface area (Å²) in [6.45, 7) is 5.54. The highest BCUT2D eigenvalue weighted by atomic mass is 16.2. The molecular weight excluding hydrogens is 254 g/mol. The van der Waals surface area contributed by atoms with Crippen LogP contribution in [0.15, 0.2) is 24.3 Å². The molecule has 2 atom stereocenters. The van der Waals surface area contributed by atoms with Crippen LogP contribution in [0.5, 0.6) is 0 Å². The molecule has 0 aliphatic heterocycles.